The lowest BCUT2D eigenvalue weighted by Gasteiger charge is -2.11. The summed E-state index contributed by atoms with van der Waals surface area (Å²) < 4.78 is 10.2. The van der Waals surface area contributed by atoms with Crippen molar-refractivity contribution in [3.8, 4) is 5.75 Å². The number of halogens is 1. The van der Waals surface area contributed by atoms with Gasteiger partial charge in [-0.3, -0.25) is 0 Å². The minimum atomic E-state index is -0.697. The molecular weight excluding hydrogens is 176 g/mol. The van der Waals surface area contributed by atoms with Crippen molar-refractivity contribution in [3.63, 3.8) is 0 Å². The summed E-state index contributed by atoms with van der Waals surface area (Å²) in [5.41, 5.74) is 0. The van der Waals surface area contributed by atoms with Crippen LogP contribution in [-0.4, -0.2) is 12.4 Å². The van der Waals surface area contributed by atoms with Gasteiger partial charge in [0.05, 0.1) is 0 Å². The van der Waals surface area contributed by atoms with E-state index >= 15 is 0 Å². The van der Waals surface area contributed by atoms with Gasteiger partial charge in [0.1, 0.15) is 5.75 Å². The maximum Gasteiger partial charge on any atom is 0.279 e. The molecule has 0 aliphatic heterocycles. The van der Waals surface area contributed by atoms with Crippen LogP contribution in [0, 0.1) is 0 Å². The monoisotopic (exact) mass is 186 g/mol. The molecule has 0 N–H and O–H groups in total. The Balaban J connectivity index is 2.41. The molecule has 1 atom stereocenters. The maximum absolute atomic E-state index is 5.67. The first-order valence-electron chi connectivity index (χ1n) is 3.80. The first-order chi connectivity index (χ1) is 5.83. The zero-order valence-electron chi connectivity index (χ0n) is 6.87. The molecule has 12 heavy (non-hydrogen) atoms. The largest absolute Gasteiger partial charge is 0.451 e. The maximum atomic E-state index is 5.67. The van der Waals surface area contributed by atoms with Gasteiger partial charge in [0.2, 0.25) is 0 Å². The van der Waals surface area contributed by atoms with E-state index in [1.807, 2.05) is 37.3 Å². The van der Waals surface area contributed by atoms with E-state index in [4.69, 9.17) is 21.1 Å². The molecule has 0 fully saturated rings. The van der Waals surface area contributed by atoms with Crippen LogP contribution < -0.4 is 4.74 Å². The predicted molar refractivity (Wildman–Crippen MR) is 48.3 cm³/mol. The Morgan fingerprint density at radius 3 is 2.58 bits per heavy atom. The molecule has 0 spiro atoms. The van der Waals surface area contributed by atoms with E-state index in [0.717, 1.165) is 0 Å². The van der Waals surface area contributed by atoms with Crippen molar-refractivity contribution < 1.29 is 9.47 Å². The highest BCUT2D eigenvalue weighted by molar-refractivity contribution is 6.18. The molecule has 0 aliphatic rings. The molecule has 0 aliphatic carbocycles. The lowest BCUT2D eigenvalue weighted by atomic mass is 10.3. The van der Waals surface area contributed by atoms with Gasteiger partial charge in [0.25, 0.3) is 5.75 Å². The topological polar surface area (TPSA) is 18.5 Å². The van der Waals surface area contributed by atoms with Crippen molar-refractivity contribution in [1.82, 2.24) is 0 Å². The molecule has 3 heteroatoms. The van der Waals surface area contributed by atoms with Gasteiger partial charge in [-0.2, -0.15) is 0 Å². The second kappa shape index (κ2) is 5.01. The molecule has 0 radical (unpaired) electrons. The van der Waals surface area contributed by atoms with Crippen LogP contribution in [0.1, 0.15) is 6.92 Å². The van der Waals surface area contributed by atoms with Gasteiger partial charge < -0.3 is 9.47 Å². The molecule has 66 valence electrons. The zero-order chi connectivity index (χ0) is 8.81. The second-order valence-corrected chi connectivity index (χ2v) is 2.52. The summed E-state index contributed by atoms with van der Waals surface area (Å²) >= 11 is 5.67. The number of hydrogen-bond acceptors (Lipinski definition) is 2. The van der Waals surface area contributed by atoms with Gasteiger partial charge in [-0.05, 0) is 30.7 Å². The number of alkyl halides is 1. The van der Waals surface area contributed by atoms with Crippen molar-refractivity contribution in [2.24, 2.45) is 0 Å². The van der Waals surface area contributed by atoms with Crippen LogP contribution in [-0.2, 0) is 4.74 Å². The van der Waals surface area contributed by atoms with Crippen molar-refractivity contribution in [3.05, 3.63) is 30.3 Å². The Morgan fingerprint density at radius 2 is 2.00 bits per heavy atom. The average Bonchev–Trinajstić information content (AvgIpc) is 2.06. The second-order valence-electron chi connectivity index (χ2n) is 2.16. The minimum absolute atomic E-state index is 0.543. The van der Waals surface area contributed by atoms with Crippen LogP contribution >= 0.6 is 11.6 Å². The summed E-state index contributed by atoms with van der Waals surface area (Å²) in [6.45, 7) is 2.41. The van der Waals surface area contributed by atoms with Crippen LogP contribution in [0.2, 0.25) is 0 Å². The normalized spacial score (nSPS) is 12.5. The lowest BCUT2D eigenvalue weighted by molar-refractivity contribution is -0.0144. The molecule has 2 nitrogen and oxygen atoms in total. The molecule has 0 amide bonds. The van der Waals surface area contributed by atoms with E-state index in [1.54, 1.807) is 0 Å². The van der Waals surface area contributed by atoms with E-state index in [1.165, 1.54) is 0 Å². The first kappa shape index (κ1) is 9.36. The van der Waals surface area contributed by atoms with Gasteiger partial charge in [0, 0.05) is 6.61 Å². The first-order valence-corrected chi connectivity index (χ1v) is 4.24. The van der Waals surface area contributed by atoms with E-state index in [2.05, 4.69) is 0 Å². The fraction of sp³-hybridized carbons (Fsp3) is 0.333. The Labute approximate surface area is 77.1 Å². The molecule has 1 rings (SSSR count). The molecular formula is C9H11ClO2. The fourth-order valence-corrected chi connectivity index (χ4v) is 1.000. The van der Waals surface area contributed by atoms with Crippen molar-refractivity contribution in [2.75, 3.05) is 6.61 Å². The number of ether oxygens (including phenoxy) is 2. The summed E-state index contributed by atoms with van der Waals surface area (Å²) in [4.78, 5) is 0. The summed E-state index contributed by atoms with van der Waals surface area (Å²) in [6.07, 6.45) is 0. The van der Waals surface area contributed by atoms with Crippen LogP contribution in [0.15, 0.2) is 30.3 Å². The number of hydrogen-bond donors (Lipinski definition) is 0. The summed E-state index contributed by atoms with van der Waals surface area (Å²) in [5, 5.41) is 0. The lowest BCUT2D eigenvalue weighted by Crippen LogP contribution is -2.12. The summed E-state index contributed by atoms with van der Waals surface area (Å²) in [6, 6.07) is 9.33. The van der Waals surface area contributed by atoms with Crippen molar-refractivity contribution >= 4 is 11.6 Å². The molecule has 0 saturated carbocycles. The Hall–Kier alpha value is -0.730. The van der Waals surface area contributed by atoms with Gasteiger partial charge in [-0.15, -0.1) is 0 Å². The van der Waals surface area contributed by atoms with Gasteiger partial charge in [-0.25, -0.2) is 0 Å². The Kier molecular flexibility index (Phi) is 3.91. The highest BCUT2D eigenvalue weighted by atomic mass is 35.5. The van der Waals surface area contributed by atoms with Crippen LogP contribution in [0.25, 0.3) is 0 Å². The van der Waals surface area contributed by atoms with Gasteiger partial charge >= 0.3 is 0 Å². The third-order valence-electron chi connectivity index (χ3n) is 1.27. The highest BCUT2D eigenvalue weighted by Crippen LogP contribution is 2.12. The number of rotatable bonds is 4. The molecule has 1 aromatic carbocycles. The van der Waals surface area contributed by atoms with Crippen LogP contribution in [0.4, 0.5) is 0 Å². The third kappa shape index (κ3) is 3.11. The number of benzene rings is 1. The van der Waals surface area contributed by atoms with E-state index in [9.17, 15) is 0 Å². The van der Waals surface area contributed by atoms with Gasteiger partial charge in [-0.1, -0.05) is 18.2 Å². The SMILES string of the molecule is CCOC(Cl)Oc1ccccc1. The van der Waals surface area contributed by atoms with E-state index in [-0.39, 0.29) is 0 Å². The van der Waals surface area contributed by atoms with Gasteiger partial charge in [0.15, 0.2) is 0 Å². The van der Waals surface area contributed by atoms with Crippen molar-refractivity contribution in [2.45, 2.75) is 12.7 Å². The van der Waals surface area contributed by atoms with E-state index < -0.39 is 5.75 Å². The summed E-state index contributed by atoms with van der Waals surface area (Å²) in [5.74, 6) is 0.0170. The fourth-order valence-electron chi connectivity index (χ4n) is 0.771. The summed E-state index contributed by atoms with van der Waals surface area (Å²) in [7, 11) is 0. The molecule has 0 bridgehead atoms. The van der Waals surface area contributed by atoms with Crippen LogP contribution in [0.5, 0.6) is 5.75 Å². The minimum Gasteiger partial charge on any atom is -0.451 e. The number of para-hydroxylation sites is 1. The Bertz CT molecular complexity index is 213. The van der Waals surface area contributed by atoms with E-state index in [0.29, 0.717) is 12.4 Å². The molecule has 0 saturated heterocycles. The predicted octanol–water partition coefficient (Wildman–Crippen LogP) is 2.62. The quantitative estimate of drug-likeness (QED) is 0.532. The zero-order valence-corrected chi connectivity index (χ0v) is 7.62. The molecule has 1 aromatic rings. The van der Waals surface area contributed by atoms with Crippen molar-refractivity contribution in [1.29, 1.82) is 0 Å². The molecule has 1 unspecified atom stereocenters. The average molecular weight is 187 g/mol. The standard InChI is InChI=1S/C9H11ClO2/c1-2-11-9(10)12-8-6-4-3-5-7-8/h3-7,9H,2H2,1H3. The molecule has 0 heterocycles. The highest BCUT2D eigenvalue weighted by Gasteiger charge is 2.03. The molecule has 0 aromatic heterocycles. The smallest absolute Gasteiger partial charge is 0.279 e. The Morgan fingerprint density at radius 1 is 1.33 bits per heavy atom. The van der Waals surface area contributed by atoms with Crippen LogP contribution in [0.3, 0.4) is 0 Å². The third-order valence-corrected chi connectivity index (χ3v) is 1.48.